The average molecular weight is 282 g/mol. The van der Waals surface area contributed by atoms with Crippen LogP contribution in [-0.4, -0.2) is 18.2 Å². The second kappa shape index (κ2) is 7.24. The number of carbonyl (C=O) groups is 1. The molecule has 4 heteroatoms. The van der Waals surface area contributed by atoms with E-state index in [2.05, 4.69) is 10.5 Å². The molecular formula is C17H18N2O2. The molecule has 0 saturated heterocycles. The van der Waals surface area contributed by atoms with Crippen molar-refractivity contribution in [1.29, 1.82) is 0 Å². The molecule has 1 amide bonds. The highest BCUT2D eigenvalue weighted by atomic mass is 16.5. The number of rotatable bonds is 5. The van der Waals surface area contributed by atoms with Gasteiger partial charge in [0.15, 0.2) is 0 Å². The quantitative estimate of drug-likeness (QED) is 0.676. The van der Waals surface area contributed by atoms with Gasteiger partial charge in [-0.3, -0.25) is 4.79 Å². The SMILES string of the molecule is CCOc1ccc(/C(C)=N\NC(=O)c2ccccc2)cc1. The number of nitrogens with zero attached hydrogens (tertiary/aromatic N) is 1. The number of ether oxygens (including phenoxy) is 1. The Bertz CT molecular complexity index is 619. The molecule has 0 aromatic heterocycles. The molecule has 0 atom stereocenters. The Morgan fingerprint density at radius 2 is 1.71 bits per heavy atom. The highest BCUT2D eigenvalue weighted by Gasteiger charge is 2.04. The molecule has 0 aliphatic heterocycles. The van der Waals surface area contributed by atoms with Gasteiger partial charge in [-0.1, -0.05) is 18.2 Å². The number of hydrogen-bond donors (Lipinski definition) is 1. The van der Waals surface area contributed by atoms with Crippen LogP contribution in [0.15, 0.2) is 59.7 Å². The van der Waals surface area contributed by atoms with Crippen molar-refractivity contribution in [3.05, 3.63) is 65.7 Å². The van der Waals surface area contributed by atoms with Crippen molar-refractivity contribution in [1.82, 2.24) is 5.43 Å². The Balaban J connectivity index is 2.02. The highest BCUT2D eigenvalue weighted by molar-refractivity contribution is 6.00. The topological polar surface area (TPSA) is 50.7 Å². The van der Waals surface area contributed by atoms with Gasteiger partial charge in [-0.15, -0.1) is 0 Å². The third-order valence-corrected chi connectivity index (χ3v) is 2.94. The van der Waals surface area contributed by atoms with Gasteiger partial charge in [0.1, 0.15) is 5.75 Å². The fourth-order valence-corrected chi connectivity index (χ4v) is 1.81. The second-order valence-electron chi connectivity index (χ2n) is 4.46. The van der Waals surface area contributed by atoms with Crippen LogP contribution >= 0.6 is 0 Å². The standard InChI is InChI=1S/C17H18N2O2/c1-3-21-16-11-9-14(10-12-16)13(2)18-19-17(20)15-7-5-4-6-8-15/h4-12H,3H2,1-2H3,(H,19,20)/b18-13-. The van der Waals surface area contributed by atoms with Crippen molar-refractivity contribution in [3.8, 4) is 5.75 Å². The summed E-state index contributed by atoms with van der Waals surface area (Å²) in [5, 5.41) is 4.12. The zero-order valence-corrected chi connectivity index (χ0v) is 12.2. The van der Waals surface area contributed by atoms with E-state index in [-0.39, 0.29) is 5.91 Å². The molecule has 0 bridgehead atoms. The number of hydrogen-bond acceptors (Lipinski definition) is 3. The lowest BCUT2D eigenvalue weighted by Crippen LogP contribution is -2.19. The molecule has 21 heavy (non-hydrogen) atoms. The van der Waals surface area contributed by atoms with E-state index in [0.29, 0.717) is 12.2 Å². The molecule has 0 fully saturated rings. The zero-order chi connectivity index (χ0) is 15.1. The predicted molar refractivity (Wildman–Crippen MR) is 83.7 cm³/mol. The lowest BCUT2D eigenvalue weighted by Gasteiger charge is -2.05. The summed E-state index contributed by atoms with van der Waals surface area (Å²) in [6.45, 7) is 4.43. The van der Waals surface area contributed by atoms with Crippen molar-refractivity contribution in [2.45, 2.75) is 13.8 Å². The predicted octanol–water partition coefficient (Wildman–Crippen LogP) is 3.24. The second-order valence-corrected chi connectivity index (χ2v) is 4.46. The minimum absolute atomic E-state index is 0.221. The summed E-state index contributed by atoms with van der Waals surface area (Å²) in [5.41, 5.74) is 4.81. The lowest BCUT2D eigenvalue weighted by molar-refractivity contribution is 0.0955. The summed E-state index contributed by atoms with van der Waals surface area (Å²) < 4.78 is 5.39. The highest BCUT2D eigenvalue weighted by Crippen LogP contribution is 2.12. The van der Waals surface area contributed by atoms with E-state index >= 15 is 0 Å². The minimum atomic E-state index is -0.221. The van der Waals surface area contributed by atoms with Crippen LogP contribution < -0.4 is 10.2 Å². The number of benzene rings is 2. The zero-order valence-electron chi connectivity index (χ0n) is 12.2. The average Bonchev–Trinajstić information content (AvgIpc) is 2.54. The molecule has 1 N–H and O–H groups in total. The maximum atomic E-state index is 11.9. The first-order valence-corrected chi connectivity index (χ1v) is 6.83. The van der Waals surface area contributed by atoms with E-state index in [9.17, 15) is 4.79 Å². The van der Waals surface area contributed by atoms with Crippen molar-refractivity contribution < 1.29 is 9.53 Å². The smallest absolute Gasteiger partial charge is 0.271 e. The molecule has 0 aliphatic rings. The van der Waals surface area contributed by atoms with Crippen LogP contribution in [-0.2, 0) is 0 Å². The summed E-state index contributed by atoms with van der Waals surface area (Å²) >= 11 is 0. The molecule has 0 spiro atoms. The number of hydrazone groups is 1. The first kappa shape index (κ1) is 14.8. The van der Waals surface area contributed by atoms with Gasteiger partial charge in [-0.25, -0.2) is 5.43 Å². The molecule has 0 saturated carbocycles. The van der Waals surface area contributed by atoms with Crippen molar-refractivity contribution in [2.75, 3.05) is 6.61 Å². The summed E-state index contributed by atoms with van der Waals surface area (Å²) in [7, 11) is 0. The molecular weight excluding hydrogens is 264 g/mol. The fraction of sp³-hybridized carbons (Fsp3) is 0.176. The van der Waals surface area contributed by atoms with Gasteiger partial charge >= 0.3 is 0 Å². The Hall–Kier alpha value is -2.62. The monoisotopic (exact) mass is 282 g/mol. The van der Waals surface area contributed by atoms with Crippen molar-refractivity contribution >= 4 is 11.6 Å². The van der Waals surface area contributed by atoms with E-state index in [1.165, 1.54) is 0 Å². The normalized spacial score (nSPS) is 11.0. The molecule has 0 radical (unpaired) electrons. The van der Waals surface area contributed by atoms with Crippen LogP contribution in [0.4, 0.5) is 0 Å². The summed E-state index contributed by atoms with van der Waals surface area (Å²) in [6, 6.07) is 16.6. The molecule has 2 aromatic rings. The van der Waals surface area contributed by atoms with Gasteiger partial charge < -0.3 is 4.74 Å². The minimum Gasteiger partial charge on any atom is -0.494 e. The number of nitrogens with one attached hydrogen (secondary N) is 1. The third-order valence-electron chi connectivity index (χ3n) is 2.94. The van der Waals surface area contributed by atoms with Crippen LogP contribution in [0.5, 0.6) is 5.75 Å². The van der Waals surface area contributed by atoms with E-state index in [4.69, 9.17) is 4.74 Å². The maximum Gasteiger partial charge on any atom is 0.271 e. The van der Waals surface area contributed by atoms with Crippen molar-refractivity contribution in [2.24, 2.45) is 5.10 Å². The first-order valence-electron chi connectivity index (χ1n) is 6.83. The maximum absolute atomic E-state index is 11.9. The Labute approximate surface area is 124 Å². The molecule has 2 aromatic carbocycles. The lowest BCUT2D eigenvalue weighted by atomic mass is 10.1. The largest absolute Gasteiger partial charge is 0.494 e. The Kier molecular flexibility index (Phi) is 5.10. The van der Waals surface area contributed by atoms with Crippen LogP contribution in [0.3, 0.4) is 0 Å². The van der Waals surface area contributed by atoms with Gasteiger partial charge in [-0.2, -0.15) is 5.10 Å². The van der Waals surface area contributed by atoms with Gasteiger partial charge in [0, 0.05) is 5.56 Å². The van der Waals surface area contributed by atoms with Gasteiger partial charge in [0.05, 0.1) is 12.3 Å². The number of carbonyl (C=O) groups excluding carboxylic acids is 1. The molecule has 0 unspecified atom stereocenters. The molecule has 0 aliphatic carbocycles. The van der Waals surface area contributed by atoms with Gasteiger partial charge in [0.25, 0.3) is 5.91 Å². The first-order chi connectivity index (χ1) is 10.2. The summed E-state index contributed by atoms with van der Waals surface area (Å²) in [4.78, 5) is 11.9. The summed E-state index contributed by atoms with van der Waals surface area (Å²) in [5.74, 6) is 0.600. The molecule has 108 valence electrons. The molecule has 0 heterocycles. The van der Waals surface area contributed by atoms with Gasteiger partial charge in [-0.05, 0) is 55.8 Å². The van der Waals surface area contributed by atoms with E-state index < -0.39 is 0 Å². The summed E-state index contributed by atoms with van der Waals surface area (Å²) in [6.07, 6.45) is 0. The van der Waals surface area contributed by atoms with E-state index in [1.54, 1.807) is 12.1 Å². The van der Waals surface area contributed by atoms with Crippen LogP contribution in [0.1, 0.15) is 29.8 Å². The van der Waals surface area contributed by atoms with Gasteiger partial charge in [0.2, 0.25) is 0 Å². The van der Waals surface area contributed by atoms with Crippen molar-refractivity contribution in [3.63, 3.8) is 0 Å². The van der Waals surface area contributed by atoms with E-state index in [1.807, 2.05) is 56.3 Å². The van der Waals surface area contributed by atoms with Crippen LogP contribution in [0.25, 0.3) is 0 Å². The van der Waals surface area contributed by atoms with Crippen LogP contribution in [0.2, 0.25) is 0 Å². The molecule has 4 nitrogen and oxygen atoms in total. The molecule has 2 rings (SSSR count). The van der Waals surface area contributed by atoms with Crippen LogP contribution in [0, 0.1) is 0 Å². The number of amides is 1. The third kappa shape index (κ3) is 4.18. The van der Waals surface area contributed by atoms with E-state index in [0.717, 1.165) is 17.0 Å². The fourth-order valence-electron chi connectivity index (χ4n) is 1.81. The Morgan fingerprint density at radius 3 is 2.33 bits per heavy atom. The Morgan fingerprint density at radius 1 is 1.05 bits per heavy atom.